The lowest BCUT2D eigenvalue weighted by Gasteiger charge is -2.17. The van der Waals surface area contributed by atoms with Crippen LogP contribution in [0, 0.1) is 5.92 Å². The highest BCUT2D eigenvalue weighted by molar-refractivity contribution is 5.65. The van der Waals surface area contributed by atoms with Crippen molar-refractivity contribution in [3.8, 4) is 0 Å². The Bertz CT molecular complexity index is 190. The van der Waals surface area contributed by atoms with Gasteiger partial charge in [0.15, 0.2) is 0 Å². The van der Waals surface area contributed by atoms with Crippen LogP contribution in [0.1, 0.15) is 26.2 Å². The van der Waals surface area contributed by atoms with Gasteiger partial charge in [-0.25, -0.2) is 0 Å². The number of rotatable bonds is 2. The minimum atomic E-state index is -0.172. The Morgan fingerprint density at radius 3 is 3.00 bits per heavy atom. The SMILES string of the molecule is CC(=O)OC[C@H]1CCC2OC2C1. The van der Waals surface area contributed by atoms with Crippen LogP contribution in [0.25, 0.3) is 0 Å². The second kappa shape index (κ2) is 3.05. The number of carbonyl (C=O) groups excluding carboxylic acids is 1. The monoisotopic (exact) mass is 170 g/mol. The van der Waals surface area contributed by atoms with E-state index in [4.69, 9.17) is 9.47 Å². The van der Waals surface area contributed by atoms with Gasteiger partial charge < -0.3 is 9.47 Å². The fourth-order valence-corrected chi connectivity index (χ4v) is 1.87. The minimum absolute atomic E-state index is 0.172. The van der Waals surface area contributed by atoms with Crippen LogP contribution in [0.5, 0.6) is 0 Å². The summed E-state index contributed by atoms with van der Waals surface area (Å²) in [4.78, 5) is 10.5. The summed E-state index contributed by atoms with van der Waals surface area (Å²) < 4.78 is 10.3. The molecule has 2 fully saturated rings. The van der Waals surface area contributed by atoms with Gasteiger partial charge in [0.2, 0.25) is 0 Å². The first kappa shape index (κ1) is 8.05. The van der Waals surface area contributed by atoms with Crippen LogP contribution in [-0.2, 0) is 14.3 Å². The molecule has 1 saturated heterocycles. The van der Waals surface area contributed by atoms with Crippen molar-refractivity contribution in [2.24, 2.45) is 5.92 Å². The molecule has 2 aliphatic rings. The lowest BCUT2D eigenvalue weighted by atomic mass is 9.90. The van der Waals surface area contributed by atoms with Crippen molar-refractivity contribution < 1.29 is 14.3 Å². The second-order valence-electron chi connectivity index (χ2n) is 3.69. The summed E-state index contributed by atoms with van der Waals surface area (Å²) in [7, 11) is 0. The Hall–Kier alpha value is -0.570. The average molecular weight is 170 g/mol. The Morgan fingerprint density at radius 1 is 1.50 bits per heavy atom. The first-order valence-corrected chi connectivity index (χ1v) is 4.54. The second-order valence-corrected chi connectivity index (χ2v) is 3.69. The van der Waals surface area contributed by atoms with Crippen LogP contribution in [0.15, 0.2) is 0 Å². The van der Waals surface area contributed by atoms with E-state index in [0.29, 0.717) is 24.7 Å². The van der Waals surface area contributed by atoms with Gasteiger partial charge in [0.1, 0.15) is 0 Å². The van der Waals surface area contributed by atoms with Crippen molar-refractivity contribution in [2.75, 3.05) is 6.61 Å². The first-order valence-electron chi connectivity index (χ1n) is 4.54. The average Bonchev–Trinajstić information content (AvgIpc) is 2.78. The maximum absolute atomic E-state index is 10.5. The predicted octanol–water partition coefficient (Wildman–Crippen LogP) is 1.12. The fourth-order valence-electron chi connectivity index (χ4n) is 1.87. The molecule has 1 saturated carbocycles. The molecule has 12 heavy (non-hydrogen) atoms. The lowest BCUT2D eigenvalue weighted by Crippen LogP contribution is -2.19. The maximum atomic E-state index is 10.5. The number of ether oxygens (including phenoxy) is 2. The molecule has 3 heteroatoms. The fraction of sp³-hybridized carbons (Fsp3) is 0.889. The Morgan fingerprint density at radius 2 is 2.33 bits per heavy atom. The van der Waals surface area contributed by atoms with Crippen LogP contribution >= 0.6 is 0 Å². The predicted molar refractivity (Wildman–Crippen MR) is 42.6 cm³/mol. The van der Waals surface area contributed by atoms with E-state index in [9.17, 15) is 4.79 Å². The number of hydrogen-bond acceptors (Lipinski definition) is 3. The van der Waals surface area contributed by atoms with Gasteiger partial charge >= 0.3 is 5.97 Å². The molecule has 0 aromatic carbocycles. The third-order valence-electron chi connectivity index (χ3n) is 2.64. The van der Waals surface area contributed by atoms with E-state index in [1.54, 1.807) is 0 Å². The number of hydrogen-bond donors (Lipinski definition) is 0. The standard InChI is InChI=1S/C9H14O3/c1-6(10)11-5-7-2-3-8-9(4-7)12-8/h7-9H,2-5H2,1H3/t7-,8?,9?/m0/s1. The molecule has 3 nitrogen and oxygen atoms in total. The largest absolute Gasteiger partial charge is 0.466 e. The lowest BCUT2D eigenvalue weighted by molar-refractivity contribution is -0.142. The van der Waals surface area contributed by atoms with E-state index < -0.39 is 0 Å². The van der Waals surface area contributed by atoms with Gasteiger partial charge in [0.05, 0.1) is 18.8 Å². The van der Waals surface area contributed by atoms with Gasteiger partial charge in [-0.2, -0.15) is 0 Å². The maximum Gasteiger partial charge on any atom is 0.302 e. The van der Waals surface area contributed by atoms with Crippen LogP contribution in [0.3, 0.4) is 0 Å². The van der Waals surface area contributed by atoms with Gasteiger partial charge in [-0.1, -0.05) is 0 Å². The highest BCUT2D eigenvalue weighted by atomic mass is 16.6. The molecule has 0 bridgehead atoms. The molecule has 1 heterocycles. The number of epoxide rings is 1. The van der Waals surface area contributed by atoms with Gasteiger partial charge in [-0.15, -0.1) is 0 Å². The smallest absolute Gasteiger partial charge is 0.302 e. The van der Waals surface area contributed by atoms with E-state index in [2.05, 4.69) is 0 Å². The number of esters is 1. The van der Waals surface area contributed by atoms with E-state index in [1.807, 2.05) is 0 Å². The molecule has 68 valence electrons. The Kier molecular flexibility index (Phi) is 2.05. The Balaban J connectivity index is 1.70. The third-order valence-corrected chi connectivity index (χ3v) is 2.64. The number of fused-ring (bicyclic) bond motifs is 1. The van der Waals surface area contributed by atoms with Crippen LogP contribution in [0.4, 0.5) is 0 Å². The van der Waals surface area contributed by atoms with Crippen molar-refractivity contribution in [1.82, 2.24) is 0 Å². The van der Waals surface area contributed by atoms with Crippen molar-refractivity contribution in [2.45, 2.75) is 38.4 Å². The molecule has 0 amide bonds. The van der Waals surface area contributed by atoms with Gasteiger partial charge in [0, 0.05) is 6.92 Å². The molecular formula is C9H14O3. The summed E-state index contributed by atoms with van der Waals surface area (Å²) in [5.74, 6) is 0.367. The molecule has 3 atom stereocenters. The summed E-state index contributed by atoms with van der Waals surface area (Å²) in [5, 5.41) is 0. The van der Waals surface area contributed by atoms with Gasteiger partial charge in [-0.3, -0.25) is 4.79 Å². The number of carbonyl (C=O) groups is 1. The molecule has 0 aromatic heterocycles. The highest BCUT2D eigenvalue weighted by Crippen LogP contribution is 2.39. The van der Waals surface area contributed by atoms with Crippen molar-refractivity contribution >= 4 is 5.97 Å². The normalized spacial score (nSPS) is 38.6. The molecule has 1 aliphatic heterocycles. The topological polar surface area (TPSA) is 38.8 Å². The molecule has 1 aliphatic carbocycles. The van der Waals surface area contributed by atoms with E-state index in [1.165, 1.54) is 6.92 Å². The zero-order valence-corrected chi connectivity index (χ0v) is 7.29. The summed E-state index contributed by atoms with van der Waals surface area (Å²) in [5.41, 5.74) is 0. The zero-order valence-electron chi connectivity index (χ0n) is 7.29. The molecule has 2 rings (SSSR count). The molecule has 0 N–H and O–H groups in total. The Labute approximate surface area is 72.0 Å². The van der Waals surface area contributed by atoms with Crippen LogP contribution in [0.2, 0.25) is 0 Å². The van der Waals surface area contributed by atoms with E-state index >= 15 is 0 Å². The summed E-state index contributed by atoms with van der Waals surface area (Å²) in [6.07, 6.45) is 4.40. The van der Waals surface area contributed by atoms with Crippen LogP contribution < -0.4 is 0 Å². The molecule has 2 unspecified atom stereocenters. The molecule has 0 aromatic rings. The van der Waals surface area contributed by atoms with Crippen molar-refractivity contribution in [3.63, 3.8) is 0 Å². The van der Waals surface area contributed by atoms with Gasteiger partial charge in [-0.05, 0) is 25.2 Å². The van der Waals surface area contributed by atoms with Crippen molar-refractivity contribution in [1.29, 1.82) is 0 Å². The molecular weight excluding hydrogens is 156 g/mol. The molecule has 0 spiro atoms. The highest BCUT2D eigenvalue weighted by Gasteiger charge is 2.43. The first-order chi connectivity index (χ1) is 5.75. The zero-order chi connectivity index (χ0) is 8.55. The third kappa shape index (κ3) is 1.78. The summed E-state index contributed by atoms with van der Waals surface area (Å²) >= 11 is 0. The summed E-state index contributed by atoms with van der Waals surface area (Å²) in [6.45, 7) is 2.04. The van der Waals surface area contributed by atoms with E-state index in [-0.39, 0.29) is 5.97 Å². The minimum Gasteiger partial charge on any atom is -0.466 e. The summed E-state index contributed by atoms with van der Waals surface area (Å²) in [6, 6.07) is 0. The van der Waals surface area contributed by atoms with Crippen molar-refractivity contribution in [3.05, 3.63) is 0 Å². The van der Waals surface area contributed by atoms with Crippen LogP contribution in [-0.4, -0.2) is 24.8 Å². The molecule has 0 radical (unpaired) electrons. The van der Waals surface area contributed by atoms with E-state index in [0.717, 1.165) is 19.3 Å². The quantitative estimate of drug-likeness (QED) is 0.460. The van der Waals surface area contributed by atoms with Gasteiger partial charge in [0.25, 0.3) is 0 Å².